The number of hydrogen-bond acceptors (Lipinski definition) is 4. The van der Waals surface area contributed by atoms with Crippen LogP contribution in [0.4, 0.5) is 10.1 Å². The molecule has 1 amide bonds. The number of para-hydroxylation sites is 1. The fourth-order valence-corrected chi connectivity index (χ4v) is 2.46. The molecule has 104 valence electrons. The van der Waals surface area contributed by atoms with Crippen LogP contribution in [0.3, 0.4) is 0 Å². The van der Waals surface area contributed by atoms with Crippen LogP contribution < -0.4 is 11.3 Å². The smallest absolute Gasteiger partial charge is 0.256 e. The molecule has 1 unspecified atom stereocenters. The first-order valence-electron chi connectivity index (χ1n) is 6.36. The van der Waals surface area contributed by atoms with Crippen molar-refractivity contribution in [2.45, 2.75) is 25.3 Å². The van der Waals surface area contributed by atoms with Gasteiger partial charge in [0.1, 0.15) is 5.82 Å². The van der Waals surface area contributed by atoms with Crippen molar-refractivity contribution < 1.29 is 14.3 Å². The van der Waals surface area contributed by atoms with Crippen molar-refractivity contribution in [3.05, 3.63) is 29.6 Å². The fourth-order valence-electron chi connectivity index (χ4n) is 2.46. The molecule has 1 atom stereocenters. The number of carbonyl (C=O) groups is 1. The van der Waals surface area contributed by atoms with E-state index in [1.165, 1.54) is 18.2 Å². The number of nitrogens with two attached hydrogens (primary N) is 1. The van der Waals surface area contributed by atoms with Crippen LogP contribution in [0.25, 0.3) is 0 Å². The molecule has 1 aliphatic heterocycles. The maximum atomic E-state index is 13.6. The number of piperidine rings is 1. The third-order valence-corrected chi connectivity index (χ3v) is 3.49. The number of rotatable bonds is 3. The maximum absolute atomic E-state index is 13.6. The number of carbonyl (C=O) groups excluding carboxylic acids is 1. The molecule has 0 aromatic heterocycles. The highest BCUT2D eigenvalue weighted by atomic mass is 19.1. The average Bonchev–Trinajstić information content (AvgIpc) is 2.46. The van der Waals surface area contributed by atoms with E-state index in [0.717, 1.165) is 19.3 Å². The number of amides is 1. The minimum absolute atomic E-state index is 0.00485. The van der Waals surface area contributed by atoms with Crippen LogP contribution in [0.15, 0.2) is 18.2 Å². The van der Waals surface area contributed by atoms with Gasteiger partial charge in [-0.2, -0.15) is 0 Å². The van der Waals surface area contributed by atoms with E-state index in [-0.39, 0.29) is 29.8 Å². The Morgan fingerprint density at radius 3 is 3.00 bits per heavy atom. The summed E-state index contributed by atoms with van der Waals surface area (Å²) in [5, 5.41) is 9.33. The van der Waals surface area contributed by atoms with Crippen molar-refractivity contribution in [3.8, 4) is 0 Å². The molecular formula is C13H18FN3O2. The number of hydrazine groups is 1. The first-order valence-corrected chi connectivity index (χ1v) is 6.36. The molecule has 1 saturated heterocycles. The van der Waals surface area contributed by atoms with Gasteiger partial charge in [0.05, 0.1) is 23.9 Å². The molecule has 4 N–H and O–H groups in total. The lowest BCUT2D eigenvalue weighted by Crippen LogP contribution is -2.45. The first-order chi connectivity index (χ1) is 9.19. The van der Waals surface area contributed by atoms with Crippen LogP contribution >= 0.6 is 0 Å². The van der Waals surface area contributed by atoms with E-state index in [4.69, 9.17) is 5.84 Å². The molecule has 1 fully saturated rings. The predicted molar refractivity (Wildman–Crippen MR) is 70.0 cm³/mol. The van der Waals surface area contributed by atoms with Crippen molar-refractivity contribution >= 4 is 11.6 Å². The van der Waals surface area contributed by atoms with Crippen molar-refractivity contribution in [1.82, 2.24) is 4.90 Å². The van der Waals surface area contributed by atoms with Crippen LogP contribution in [0, 0.1) is 5.82 Å². The zero-order chi connectivity index (χ0) is 13.8. The standard InChI is InChI=1S/C13H18FN3O2/c14-11-6-3-5-10(12(11)16-15)13(19)17-7-2-1-4-9(17)8-18/h3,5-6,9,16,18H,1-2,4,7-8,15H2. The molecule has 0 bridgehead atoms. The number of aliphatic hydroxyl groups excluding tert-OH is 1. The summed E-state index contributed by atoms with van der Waals surface area (Å²) in [6, 6.07) is 4.05. The largest absolute Gasteiger partial charge is 0.394 e. The quantitative estimate of drug-likeness (QED) is 0.566. The Morgan fingerprint density at radius 2 is 2.32 bits per heavy atom. The molecule has 2 rings (SSSR count). The second kappa shape index (κ2) is 5.99. The lowest BCUT2D eigenvalue weighted by atomic mass is 10.0. The number of nitrogen functional groups attached to an aromatic ring is 1. The number of aliphatic hydroxyl groups is 1. The molecule has 6 heteroatoms. The summed E-state index contributed by atoms with van der Waals surface area (Å²) < 4.78 is 13.6. The first kappa shape index (κ1) is 13.8. The van der Waals surface area contributed by atoms with Crippen LogP contribution in [0.1, 0.15) is 29.6 Å². The predicted octanol–water partition coefficient (Wildman–Crippen LogP) is 1.10. The number of nitrogens with one attached hydrogen (secondary N) is 1. The molecule has 1 aromatic rings. The van der Waals surface area contributed by atoms with E-state index < -0.39 is 5.82 Å². The number of benzene rings is 1. The third-order valence-electron chi connectivity index (χ3n) is 3.49. The van der Waals surface area contributed by atoms with E-state index in [1.54, 1.807) is 4.90 Å². The highest BCUT2D eigenvalue weighted by Gasteiger charge is 2.28. The molecule has 0 aliphatic carbocycles. The highest BCUT2D eigenvalue weighted by molar-refractivity contribution is 5.99. The lowest BCUT2D eigenvalue weighted by molar-refractivity contribution is 0.0503. The average molecular weight is 267 g/mol. The van der Waals surface area contributed by atoms with E-state index in [2.05, 4.69) is 5.43 Å². The second-order valence-electron chi connectivity index (χ2n) is 4.64. The summed E-state index contributed by atoms with van der Waals surface area (Å²) in [5.41, 5.74) is 2.42. The van der Waals surface area contributed by atoms with Gasteiger partial charge in [0.2, 0.25) is 0 Å². The van der Waals surface area contributed by atoms with Crippen LogP contribution in [0.5, 0.6) is 0 Å². The summed E-state index contributed by atoms with van der Waals surface area (Å²) in [6.07, 6.45) is 2.64. The number of halogens is 1. The minimum Gasteiger partial charge on any atom is -0.394 e. The van der Waals surface area contributed by atoms with Gasteiger partial charge >= 0.3 is 0 Å². The van der Waals surface area contributed by atoms with Gasteiger partial charge in [-0.1, -0.05) is 6.07 Å². The second-order valence-corrected chi connectivity index (χ2v) is 4.64. The Morgan fingerprint density at radius 1 is 1.53 bits per heavy atom. The Balaban J connectivity index is 2.30. The van der Waals surface area contributed by atoms with Gasteiger partial charge in [-0.25, -0.2) is 4.39 Å². The summed E-state index contributed by atoms with van der Waals surface area (Å²) in [4.78, 5) is 14.0. The van der Waals surface area contributed by atoms with Crippen LogP contribution in [0.2, 0.25) is 0 Å². The normalized spacial score (nSPS) is 19.3. The molecule has 19 heavy (non-hydrogen) atoms. The zero-order valence-corrected chi connectivity index (χ0v) is 10.6. The number of anilines is 1. The number of hydrogen-bond donors (Lipinski definition) is 3. The Kier molecular flexibility index (Phi) is 4.34. The molecule has 0 spiro atoms. The van der Waals surface area contributed by atoms with Gasteiger partial charge in [-0.15, -0.1) is 0 Å². The van der Waals surface area contributed by atoms with Gasteiger partial charge in [-0.05, 0) is 31.4 Å². The number of likely N-dealkylation sites (tertiary alicyclic amines) is 1. The molecule has 0 saturated carbocycles. The molecule has 5 nitrogen and oxygen atoms in total. The molecular weight excluding hydrogens is 249 g/mol. The van der Waals surface area contributed by atoms with E-state index in [9.17, 15) is 14.3 Å². The van der Waals surface area contributed by atoms with E-state index in [0.29, 0.717) is 6.54 Å². The van der Waals surface area contributed by atoms with Crippen LogP contribution in [-0.2, 0) is 0 Å². The van der Waals surface area contributed by atoms with Gasteiger partial charge in [-0.3, -0.25) is 10.6 Å². The SMILES string of the molecule is NNc1c(F)cccc1C(=O)N1CCCCC1CO. The monoisotopic (exact) mass is 267 g/mol. The van der Waals surface area contributed by atoms with Crippen molar-refractivity contribution in [3.63, 3.8) is 0 Å². The van der Waals surface area contributed by atoms with Crippen molar-refractivity contribution in [2.75, 3.05) is 18.6 Å². The highest BCUT2D eigenvalue weighted by Crippen LogP contribution is 2.24. The van der Waals surface area contributed by atoms with Crippen molar-refractivity contribution in [2.24, 2.45) is 5.84 Å². The molecule has 0 radical (unpaired) electrons. The summed E-state index contributed by atoms with van der Waals surface area (Å²) in [7, 11) is 0. The van der Waals surface area contributed by atoms with Gasteiger partial charge in [0.25, 0.3) is 5.91 Å². The number of nitrogens with zero attached hydrogens (tertiary/aromatic N) is 1. The van der Waals surface area contributed by atoms with Gasteiger partial charge in [0, 0.05) is 6.54 Å². The molecule has 1 aliphatic rings. The summed E-state index contributed by atoms with van der Waals surface area (Å²) >= 11 is 0. The topological polar surface area (TPSA) is 78.6 Å². The maximum Gasteiger partial charge on any atom is 0.256 e. The molecule has 1 heterocycles. The summed E-state index contributed by atoms with van der Waals surface area (Å²) in [6.45, 7) is 0.497. The Hall–Kier alpha value is -1.66. The van der Waals surface area contributed by atoms with Gasteiger partial charge in [0.15, 0.2) is 0 Å². The zero-order valence-electron chi connectivity index (χ0n) is 10.6. The molecule has 1 aromatic carbocycles. The summed E-state index contributed by atoms with van der Waals surface area (Å²) in [5.74, 6) is 4.41. The van der Waals surface area contributed by atoms with Crippen molar-refractivity contribution in [1.29, 1.82) is 0 Å². The fraction of sp³-hybridized carbons (Fsp3) is 0.462. The Labute approximate surface area is 111 Å². The van der Waals surface area contributed by atoms with E-state index >= 15 is 0 Å². The van der Waals surface area contributed by atoms with E-state index in [1.807, 2.05) is 0 Å². The lowest BCUT2D eigenvalue weighted by Gasteiger charge is -2.35. The third kappa shape index (κ3) is 2.69. The Bertz CT molecular complexity index is 467. The van der Waals surface area contributed by atoms with Crippen LogP contribution in [-0.4, -0.2) is 35.1 Å². The minimum atomic E-state index is -0.564. The van der Waals surface area contributed by atoms with Gasteiger partial charge < -0.3 is 15.4 Å².